The van der Waals surface area contributed by atoms with E-state index in [1.807, 2.05) is 24.1 Å². The average molecular weight is 413 g/mol. The summed E-state index contributed by atoms with van der Waals surface area (Å²) in [7, 11) is 1.81. The molecule has 30 heavy (non-hydrogen) atoms. The lowest BCUT2D eigenvalue weighted by molar-refractivity contribution is 0.225. The Morgan fingerprint density at radius 2 is 1.97 bits per heavy atom. The Morgan fingerprint density at radius 3 is 2.60 bits per heavy atom. The SMILES string of the molecule is CN(CCO)c1cc(-c2cn[nH]c2)ccc1NC(=O)NC(CO)c1ccc(F)cc1. The van der Waals surface area contributed by atoms with Crippen LogP contribution in [0.15, 0.2) is 54.9 Å². The number of carbonyl (C=O) groups is 1. The van der Waals surface area contributed by atoms with Crippen molar-refractivity contribution in [3.63, 3.8) is 0 Å². The molecule has 0 aliphatic carbocycles. The second kappa shape index (κ2) is 9.86. The lowest BCUT2D eigenvalue weighted by atomic mass is 10.1. The van der Waals surface area contributed by atoms with Crippen molar-refractivity contribution in [2.75, 3.05) is 37.0 Å². The zero-order valence-corrected chi connectivity index (χ0v) is 16.5. The minimum absolute atomic E-state index is 0.0464. The molecular formula is C21H24FN5O3. The highest BCUT2D eigenvalue weighted by molar-refractivity contribution is 5.94. The number of aromatic nitrogens is 2. The normalized spacial score (nSPS) is 11.7. The number of H-pyrrole nitrogens is 1. The number of rotatable bonds is 8. The number of hydrogen-bond acceptors (Lipinski definition) is 5. The summed E-state index contributed by atoms with van der Waals surface area (Å²) in [6, 6.07) is 9.86. The van der Waals surface area contributed by atoms with Crippen LogP contribution in [0.5, 0.6) is 0 Å². The third-order valence-electron chi connectivity index (χ3n) is 4.68. The molecule has 1 atom stereocenters. The van der Waals surface area contributed by atoms with E-state index < -0.39 is 17.9 Å². The molecule has 0 aliphatic rings. The summed E-state index contributed by atoms with van der Waals surface area (Å²) in [4.78, 5) is 14.4. The van der Waals surface area contributed by atoms with E-state index >= 15 is 0 Å². The molecule has 0 bridgehead atoms. The van der Waals surface area contributed by atoms with Gasteiger partial charge in [0.1, 0.15) is 5.82 Å². The molecule has 158 valence electrons. The second-order valence-electron chi connectivity index (χ2n) is 6.75. The van der Waals surface area contributed by atoms with Gasteiger partial charge in [0.2, 0.25) is 0 Å². The number of amides is 2. The van der Waals surface area contributed by atoms with Crippen LogP contribution < -0.4 is 15.5 Å². The maximum absolute atomic E-state index is 13.1. The number of likely N-dealkylation sites (N-methyl/N-ethyl adjacent to an activating group) is 1. The third kappa shape index (κ3) is 5.13. The van der Waals surface area contributed by atoms with E-state index in [0.29, 0.717) is 23.5 Å². The second-order valence-corrected chi connectivity index (χ2v) is 6.75. The largest absolute Gasteiger partial charge is 0.395 e. The molecule has 2 amide bonds. The van der Waals surface area contributed by atoms with Gasteiger partial charge in [-0.25, -0.2) is 9.18 Å². The van der Waals surface area contributed by atoms with Gasteiger partial charge in [-0.2, -0.15) is 5.10 Å². The number of aliphatic hydroxyl groups is 2. The number of hydrogen-bond donors (Lipinski definition) is 5. The molecule has 0 fully saturated rings. The van der Waals surface area contributed by atoms with Crippen molar-refractivity contribution < 1.29 is 19.4 Å². The van der Waals surface area contributed by atoms with Crippen molar-refractivity contribution in [2.24, 2.45) is 0 Å². The van der Waals surface area contributed by atoms with Crippen LogP contribution >= 0.6 is 0 Å². The quantitative estimate of drug-likeness (QED) is 0.389. The van der Waals surface area contributed by atoms with E-state index in [1.54, 1.807) is 18.5 Å². The zero-order chi connectivity index (χ0) is 21.5. The maximum atomic E-state index is 13.1. The average Bonchev–Trinajstić information content (AvgIpc) is 3.28. The third-order valence-corrected chi connectivity index (χ3v) is 4.68. The molecule has 1 heterocycles. The van der Waals surface area contributed by atoms with Gasteiger partial charge in [0.25, 0.3) is 0 Å². The highest BCUT2D eigenvalue weighted by atomic mass is 19.1. The summed E-state index contributed by atoms with van der Waals surface area (Å²) in [6.45, 7) is -0.00896. The molecule has 0 radical (unpaired) electrons. The van der Waals surface area contributed by atoms with Crippen molar-refractivity contribution >= 4 is 17.4 Å². The molecule has 0 aliphatic heterocycles. The van der Waals surface area contributed by atoms with Gasteiger partial charge in [0, 0.05) is 25.4 Å². The maximum Gasteiger partial charge on any atom is 0.319 e. The molecule has 8 nitrogen and oxygen atoms in total. The Labute approximate surface area is 173 Å². The molecule has 3 aromatic rings. The fraction of sp³-hybridized carbons (Fsp3) is 0.238. The van der Waals surface area contributed by atoms with Crippen molar-refractivity contribution in [1.29, 1.82) is 0 Å². The van der Waals surface area contributed by atoms with Gasteiger partial charge >= 0.3 is 6.03 Å². The van der Waals surface area contributed by atoms with Gasteiger partial charge in [-0.1, -0.05) is 18.2 Å². The van der Waals surface area contributed by atoms with E-state index in [0.717, 1.165) is 11.1 Å². The standard InChI is InChI=1S/C21H24FN5O3/c1-27(8-9-28)20-10-15(16-11-23-24-12-16)4-7-18(20)25-21(30)26-19(13-29)14-2-5-17(22)6-3-14/h2-7,10-12,19,28-29H,8-9,13H2,1H3,(H,23,24)(H2,25,26,30). The van der Waals surface area contributed by atoms with Gasteiger partial charge in [-0.3, -0.25) is 5.10 Å². The number of halogens is 1. The van der Waals surface area contributed by atoms with Crippen LogP contribution in [0, 0.1) is 5.82 Å². The van der Waals surface area contributed by atoms with E-state index in [9.17, 15) is 19.4 Å². The number of aliphatic hydroxyl groups excluding tert-OH is 2. The van der Waals surface area contributed by atoms with Gasteiger partial charge < -0.3 is 25.7 Å². The number of carbonyl (C=O) groups excluding carboxylic acids is 1. The van der Waals surface area contributed by atoms with Crippen molar-refractivity contribution in [3.8, 4) is 11.1 Å². The first kappa shape index (κ1) is 21.3. The van der Waals surface area contributed by atoms with Crippen LogP contribution in [0.3, 0.4) is 0 Å². The van der Waals surface area contributed by atoms with E-state index in [1.165, 1.54) is 24.3 Å². The Kier molecular flexibility index (Phi) is 6.99. The van der Waals surface area contributed by atoms with Gasteiger partial charge in [-0.05, 0) is 35.4 Å². The Hall–Kier alpha value is -3.43. The van der Waals surface area contributed by atoms with Crippen molar-refractivity contribution in [2.45, 2.75) is 6.04 Å². The van der Waals surface area contributed by atoms with Crippen LogP contribution in [-0.4, -0.2) is 53.2 Å². The first-order valence-corrected chi connectivity index (χ1v) is 9.41. The predicted molar refractivity (Wildman–Crippen MR) is 113 cm³/mol. The number of urea groups is 1. The molecule has 0 spiro atoms. The molecule has 3 rings (SSSR count). The van der Waals surface area contributed by atoms with Crippen LogP contribution in [0.2, 0.25) is 0 Å². The molecule has 2 aromatic carbocycles. The summed E-state index contributed by atoms with van der Waals surface area (Å²) in [5.41, 5.74) is 3.61. The van der Waals surface area contributed by atoms with E-state index in [-0.39, 0.29) is 13.2 Å². The molecular weight excluding hydrogens is 389 g/mol. The summed E-state index contributed by atoms with van der Waals surface area (Å²) < 4.78 is 13.1. The molecule has 1 unspecified atom stereocenters. The molecule has 0 saturated heterocycles. The highest BCUT2D eigenvalue weighted by Gasteiger charge is 2.17. The van der Waals surface area contributed by atoms with Crippen LogP contribution in [0.25, 0.3) is 11.1 Å². The van der Waals surface area contributed by atoms with Crippen LogP contribution in [-0.2, 0) is 0 Å². The Bertz CT molecular complexity index is 963. The first-order chi connectivity index (χ1) is 14.5. The van der Waals surface area contributed by atoms with Crippen LogP contribution in [0.4, 0.5) is 20.6 Å². The molecule has 5 N–H and O–H groups in total. The van der Waals surface area contributed by atoms with E-state index in [2.05, 4.69) is 20.8 Å². The summed E-state index contributed by atoms with van der Waals surface area (Å²) in [5, 5.41) is 31.1. The van der Waals surface area contributed by atoms with Gasteiger partial charge in [0.05, 0.1) is 36.8 Å². The van der Waals surface area contributed by atoms with Crippen molar-refractivity contribution in [3.05, 3.63) is 66.2 Å². The first-order valence-electron chi connectivity index (χ1n) is 9.41. The summed E-state index contributed by atoms with van der Waals surface area (Å²) >= 11 is 0. The fourth-order valence-corrected chi connectivity index (χ4v) is 3.06. The smallest absolute Gasteiger partial charge is 0.319 e. The fourth-order valence-electron chi connectivity index (χ4n) is 3.06. The minimum Gasteiger partial charge on any atom is -0.395 e. The number of nitrogens with one attached hydrogen (secondary N) is 3. The van der Waals surface area contributed by atoms with Crippen molar-refractivity contribution in [1.82, 2.24) is 15.5 Å². The van der Waals surface area contributed by atoms with Crippen LogP contribution in [0.1, 0.15) is 11.6 Å². The Morgan fingerprint density at radius 1 is 1.20 bits per heavy atom. The lowest BCUT2D eigenvalue weighted by Crippen LogP contribution is -2.35. The predicted octanol–water partition coefficient (Wildman–Crippen LogP) is 2.50. The van der Waals surface area contributed by atoms with Gasteiger partial charge in [0.15, 0.2) is 0 Å². The number of benzene rings is 2. The topological polar surface area (TPSA) is 114 Å². The van der Waals surface area contributed by atoms with Gasteiger partial charge in [-0.15, -0.1) is 0 Å². The zero-order valence-electron chi connectivity index (χ0n) is 16.5. The summed E-state index contributed by atoms with van der Waals surface area (Å²) in [5.74, 6) is -0.394. The van der Waals surface area contributed by atoms with E-state index in [4.69, 9.17) is 0 Å². The monoisotopic (exact) mass is 413 g/mol. The lowest BCUT2D eigenvalue weighted by Gasteiger charge is -2.23. The molecule has 0 saturated carbocycles. The number of nitrogens with zero attached hydrogens (tertiary/aromatic N) is 2. The molecule has 9 heteroatoms. The minimum atomic E-state index is -0.686. The molecule has 1 aromatic heterocycles. The Balaban J connectivity index is 1.79. The highest BCUT2D eigenvalue weighted by Crippen LogP contribution is 2.31. The number of aromatic amines is 1. The summed E-state index contributed by atoms with van der Waals surface area (Å²) in [6.07, 6.45) is 3.46. The number of anilines is 2.